The molecule has 2 N–H and O–H groups in total. The zero-order valence-electron chi connectivity index (χ0n) is 13.1. The maximum absolute atomic E-state index is 12.9. The zero-order chi connectivity index (χ0) is 15.7. The lowest BCUT2D eigenvalue weighted by atomic mass is 10.1. The standard InChI is InChI=1S/C16H23N3O3/c1-3-10-18-14-12(4-5-13(22-2)15(14)20)19(16(18)21)11-6-8-17-9-7-11/h4-5,11,17,20H,3,6-10H2,1-2H3. The molecule has 1 aliphatic rings. The summed E-state index contributed by atoms with van der Waals surface area (Å²) in [7, 11) is 1.52. The van der Waals surface area contributed by atoms with Gasteiger partial charge in [-0.25, -0.2) is 4.79 Å². The molecule has 6 nitrogen and oxygen atoms in total. The second kappa shape index (κ2) is 6.04. The van der Waals surface area contributed by atoms with E-state index in [-0.39, 0.29) is 17.5 Å². The Morgan fingerprint density at radius 3 is 2.73 bits per heavy atom. The number of aromatic hydroxyl groups is 1. The van der Waals surface area contributed by atoms with E-state index in [4.69, 9.17) is 4.74 Å². The second-order valence-corrected chi connectivity index (χ2v) is 5.77. The molecule has 0 aliphatic carbocycles. The van der Waals surface area contributed by atoms with Crippen molar-refractivity contribution < 1.29 is 9.84 Å². The van der Waals surface area contributed by atoms with Crippen LogP contribution in [0.5, 0.6) is 11.5 Å². The van der Waals surface area contributed by atoms with Gasteiger partial charge in [-0.3, -0.25) is 9.13 Å². The number of imidazole rings is 1. The number of methoxy groups -OCH3 is 1. The van der Waals surface area contributed by atoms with E-state index < -0.39 is 0 Å². The van der Waals surface area contributed by atoms with Crippen molar-refractivity contribution in [3.05, 3.63) is 22.6 Å². The summed E-state index contributed by atoms with van der Waals surface area (Å²) < 4.78 is 8.72. The molecule has 1 saturated heterocycles. The fourth-order valence-electron chi connectivity index (χ4n) is 3.35. The highest BCUT2D eigenvalue weighted by Gasteiger charge is 2.24. The van der Waals surface area contributed by atoms with Crippen LogP contribution in [0.25, 0.3) is 11.0 Å². The van der Waals surface area contributed by atoms with Crippen LogP contribution >= 0.6 is 0 Å². The van der Waals surface area contributed by atoms with E-state index in [2.05, 4.69) is 5.32 Å². The molecule has 1 aromatic carbocycles. The SMILES string of the molecule is CCCn1c(=O)n(C2CCNCC2)c2ccc(OC)c(O)c21. The molecule has 2 aromatic rings. The molecular weight excluding hydrogens is 282 g/mol. The van der Waals surface area contributed by atoms with Gasteiger partial charge in [0.25, 0.3) is 0 Å². The molecular formula is C16H23N3O3. The van der Waals surface area contributed by atoms with Crippen LogP contribution in [0.15, 0.2) is 16.9 Å². The first-order valence-corrected chi connectivity index (χ1v) is 7.90. The summed E-state index contributed by atoms with van der Waals surface area (Å²) in [6.45, 7) is 4.45. The lowest BCUT2D eigenvalue weighted by Gasteiger charge is -2.23. The van der Waals surface area contributed by atoms with Crippen LogP contribution < -0.4 is 15.7 Å². The van der Waals surface area contributed by atoms with Crippen molar-refractivity contribution in [2.24, 2.45) is 0 Å². The molecule has 0 radical (unpaired) electrons. The Morgan fingerprint density at radius 1 is 1.36 bits per heavy atom. The molecule has 6 heteroatoms. The fraction of sp³-hybridized carbons (Fsp3) is 0.562. The van der Waals surface area contributed by atoms with Gasteiger partial charge in [-0.05, 0) is 44.5 Å². The Morgan fingerprint density at radius 2 is 2.09 bits per heavy atom. The number of hydrogen-bond acceptors (Lipinski definition) is 4. The van der Waals surface area contributed by atoms with Gasteiger partial charge in [-0.1, -0.05) is 6.92 Å². The van der Waals surface area contributed by atoms with Gasteiger partial charge in [0.05, 0.1) is 12.6 Å². The second-order valence-electron chi connectivity index (χ2n) is 5.77. The molecule has 0 bridgehead atoms. The van der Waals surface area contributed by atoms with Crippen molar-refractivity contribution >= 4 is 11.0 Å². The summed E-state index contributed by atoms with van der Waals surface area (Å²) >= 11 is 0. The number of aryl methyl sites for hydroxylation is 1. The van der Waals surface area contributed by atoms with E-state index in [9.17, 15) is 9.90 Å². The fourth-order valence-corrected chi connectivity index (χ4v) is 3.35. The molecule has 0 atom stereocenters. The minimum Gasteiger partial charge on any atom is -0.503 e. The quantitative estimate of drug-likeness (QED) is 0.904. The first-order valence-electron chi connectivity index (χ1n) is 7.90. The van der Waals surface area contributed by atoms with Crippen molar-refractivity contribution in [2.75, 3.05) is 20.2 Å². The van der Waals surface area contributed by atoms with Crippen LogP contribution in [-0.2, 0) is 6.54 Å². The number of benzene rings is 1. The van der Waals surface area contributed by atoms with Gasteiger partial charge in [0, 0.05) is 12.6 Å². The van der Waals surface area contributed by atoms with E-state index in [1.165, 1.54) is 7.11 Å². The number of ether oxygens (including phenoxy) is 1. The predicted octanol–water partition coefficient (Wildman–Crippen LogP) is 1.85. The number of piperidine rings is 1. The summed E-state index contributed by atoms with van der Waals surface area (Å²) in [6.07, 6.45) is 2.69. The minimum atomic E-state index is -0.0349. The third-order valence-corrected chi connectivity index (χ3v) is 4.40. The van der Waals surface area contributed by atoms with Crippen molar-refractivity contribution in [3.63, 3.8) is 0 Å². The summed E-state index contributed by atoms with van der Waals surface area (Å²) in [5, 5.41) is 13.8. The molecule has 0 spiro atoms. The Balaban J connectivity index is 2.26. The third-order valence-electron chi connectivity index (χ3n) is 4.40. The Hall–Kier alpha value is -1.95. The smallest absolute Gasteiger partial charge is 0.329 e. The largest absolute Gasteiger partial charge is 0.503 e. The average Bonchev–Trinajstić information content (AvgIpc) is 2.82. The van der Waals surface area contributed by atoms with E-state index in [1.54, 1.807) is 10.6 Å². The number of nitrogens with one attached hydrogen (secondary N) is 1. The van der Waals surface area contributed by atoms with Gasteiger partial charge >= 0.3 is 5.69 Å². The number of phenols is 1. The molecule has 2 heterocycles. The van der Waals surface area contributed by atoms with Gasteiger partial charge in [-0.2, -0.15) is 0 Å². The monoisotopic (exact) mass is 305 g/mol. The highest BCUT2D eigenvalue weighted by atomic mass is 16.5. The maximum atomic E-state index is 12.9. The van der Waals surface area contributed by atoms with Crippen molar-refractivity contribution in [1.29, 1.82) is 0 Å². The molecule has 0 saturated carbocycles. The third kappa shape index (κ3) is 2.27. The van der Waals surface area contributed by atoms with Crippen LogP contribution in [0, 0.1) is 0 Å². The van der Waals surface area contributed by atoms with Crippen molar-refractivity contribution in [3.8, 4) is 11.5 Å². The van der Waals surface area contributed by atoms with E-state index in [0.29, 0.717) is 17.8 Å². The van der Waals surface area contributed by atoms with Crippen LogP contribution in [0.3, 0.4) is 0 Å². The van der Waals surface area contributed by atoms with Gasteiger partial charge in [0.15, 0.2) is 11.5 Å². The molecule has 22 heavy (non-hydrogen) atoms. The van der Waals surface area contributed by atoms with Gasteiger partial charge < -0.3 is 15.2 Å². The topological polar surface area (TPSA) is 68.4 Å². The van der Waals surface area contributed by atoms with E-state index >= 15 is 0 Å². The van der Waals surface area contributed by atoms with Crippen molar-refractivity contribution in [2.45, 2.75) is 38.8 Å². The zero-order valence-corrected chi connectivity index (χ0v) is 13.1. The van der Waals surface area contributed by atoms with Crippen LogP contribution in [0.2, 0.25) is 0 Å². The summed E-state index contributed by atoms with van der Waals surface area (Å²) in [5.74, 6) is 0.457. The number of rotatable bonds is 4. The van der Waals surface area contributed by atoms with Gasteiger partial charge in [-0.15, -0.1) is 0 Å². The summed E-state index contributed by atoms with van der Waals surface area (Å²) in [5.41, 5.74) is 1.35. The highest BCUT2D eigenvalue weighted by Crippen LogP contribution is 2.35. The number of hydrogen-bond donors (Lipinski definition) is 2. The van der Waals surface area contributed by atoms with Crippen LogP contribution in [0.1, 0.15) is 32.2 Å². The first-order chi connectivity index (χ1) is 10.7. The lowest BCUT2D eigenvalue weighted by Crippen LogP contribution is -2.34. The maximum Gasteiger partial charge on any atom is 0.329 e. The van der Waals surface area contributed by atoms with E-state index in [0.717, 1.165) is 37.9 Å². The Bertz CT molecular complexity index is 726. The molecule has 1 aliphatic heterocycles. The molecule has 1 fully saturated rings. The Kier molecular flexibility index (Phi) is 4.11. The normalized spacial score (nSPS) is 16.3. The van der Waals surface area contributed by atoms with Gasteiger partial charge in [0.2, 0.25) is 0 Å². The lowest BCUT2D eigenvalue weighted by molar-refractivity contribution is 0.364. The van der Waals surface area contributed by atoms with Crippen LogP contribution in [-0.4, -0.2) is 34.4 Å². The number of nitrogens with zero attached hydrogens (tertiary/aromatic N) is 2. The van der Waals surface area contributed by atoms with Crippen molar-refractivity contribution in [1.82, 2.24) is 14.5 Å². The van der Waals surface area contributed by atoms with Gasteiger partial charge in [0.1, 0.15) is 5.52 Å². The summed E-state index contributed by atoms with van der Waals surface area (Å²) in [6, 6.07) is 3.79. The molecule has 120 valence electrons. The minimum absolute atomic E-state index is 0.0349. The molecule has 1 aromatic heterocycles. The number of aromatic nitrogens is 2. The average molecular weight is 305 g/mol. The highest BCUT2D eigenvalue weighted by molar-refractivity contribution is 5.85. The first kappa shape index (κ1) is 15.0. The van der Waals surface area contributed by atoms with E-state index in [1.807, 2.05) is 17.6 Å². The molecule has 0 amide bonds. The molecule has 0 unspecified atom stereocenters. The Labute approximate surface area is 129 Å². The number of phenolic OH excluding ortho intramolecular Hbond substituents is 1. The van der Waals surface area contributed by atoms with Crippen LogP contribution in [0.4, 0.5) is 0 Å². The molecule has 3 rings (SSSR count). The number of fused-ring (bicyclic) bond motifs is 1. The summed E-state index contributed by atoms with van der Waals surface area (Å²) in [4.78, 5) is 12.9. The predicted molar refractivity (Wildman–Crippen MR) is 85.8 cm³/mol.